The SMILES string of the molecule is c1ccc(-c2cccc3c2sc2c(-c4cccnc4)cccc23)cc1. The van der Waals surface area contributed by atoms with E-state index in [9.17, 15) is 0 Å². The number of pyridine rings is 1. The molecule has 0 radical (unpaired) electrons. The molecule has 2 aromatic heterocycles. The molecule has 2 heterocycles. The summed E-state index contributed by atoms with van der Waals surface area (Å²) in [5.41, 5.74) is 4.99. The van der Waals surface area contributed by atoms with E-state index in [1.165, 1.54) is 42.4 Å². The molecule has 0 saturated carbocycles. The fraction of sp³-hybridized carbons (Fsp3) is 0. The number of aromatic nitrogens is 1. The van der Waals surface area contributed by atoms with E-state index in [-0.39, 0.29) is 0 Å². The number of rotatable bonds is 2. The highest BCUT2D eigenvalue weighted by Crippen LogP contribution is 2.43. The molecule has 0 atom stereocenters. The molecule has 0 aliphatic carbocycles. The standard InChI is InChI=1S/C23H15NS/c1-2-7-16(8-3-1)18-10-4-12-20-21-13-5-11-19(23(21)25-22(18)20)17-9-6-14-24-15-17/h1-15H. The van der Waals surface area contributed by atoms with Crippen LogP contribution in [0.15, 0.2) is 91.3 Å². The molecule has 0 spiro atoms. The van der Waals surface area contributed by atoms with Gasteiger partial charge in [-0.25, -0.2) is 0 Å². The minimum atomic E-state index is 1.17. The molecule has 0 amide bonds. The van der Waals surface area contributed by atoms with Gasteiger partial charge in [-0.2, -0.15) is 0 Å². The maximum absolute atomic E-state index is 4.29. The summed E-state index contributed by atoms with van der Waals surface area (Å²) in [4.78, 5) is 4.29. The first kappa shape index (κ1) is 14.4. The highest BCUT2D eigenvalue weighted by molar-refractivity contribution is 7.26. The van der Waals surface area contributed by atoms with Gasteiger partial charge in [0.2, 0.25) is 0 Å². The lowest BCUT2D eigenvalue weighted by Gasteiger charge is -2.02. The van der Waals surface area contributed by atoms with Crippen LogP contribution in [0.5, 0.6) is 0 Å². The van der Waals surface area contributed by atoms with Crippen molar-refractivity contribution in [1.82, 2.24) is 4.98 Å². The lowest BCUT2D eigenvalue weighted by molar-refractivity contribution is 1.33. The molecule has 0 bridgehead atoms. The van der Waals surface area contributed by atoms with E-state index in [0.29, 0.717) is 0 Å². The first-order valence-electron chi connectivity index (χ1n) is 8.32. The number of hydrogen-bond donors (Lipinski definition) is 0. The van der Waals surface area contributed by atoms with Crippen molar-refractivity contribution in [3.8, 4) is 22.3 Å². The van der Waals surface area contributed by atoms with Crippen LogP contribution in [-0.4, -0.2) is 4.98 Å². The maximum Gasteiger partial charge on any atom is 0.0434 e. The smallest absolute Gasteiger partial charge is 0.0434 e. The number of fused-ring (bicyclic) bond motifs is 3. The van der Waals surface area contributed by atoms with Crippen molar-refractivity contribution in [3.05, 3.63) is 91.3 Å². The van der Waals surface area contributed by atoms with Crippen LogP contribution >= 0.6 is 11.3 Å². The van der Waals surface area contributed by atoms with Gasteiger partial charge in [-0.1, -0.05) is 72.8 Å². The second-order valence-corrected chi connectivity index (χ2v) is 7.09. The van der Waals surface area contributed by atoms with E-state index in [2.05, 4.69) is 77.8 Å². The summed E-state index contributed by atoms with van der Waals surface area (Å²) in [6.45, 7) is 0. The van der Waals surface area contributed by atoms with Gasteiger partial charge in [0, 0.05) is 43.7 Å². The number of thiophene rings is 1. The Labute approximate surface area is 150 Å². The van der Waals surface area contributed by atoms with E-state index in [0.717, 1.165) is 0 Å². The Bertz CT molecular complexity index is 1080. The van der Waals surface area contributed by atoms with E-state index in [1.807, 2.05) is 29.8 Å². The Morgan fingerprint density at radius 2 is 1.20 bits per heavy atom. The summed E-state index contributed by atoms with van der Waals surface area (Å²) in [6, 6.07) is 27.9. The van der Waals surface area contributed by atoms with Gasteiger partial charge in [0.05, 0.1) is 0 Å². The molecular weight excluding hydrogens is 322 g/mol. The molecule has 0 unspecified atom stereocenters. The molecule has 1 nitrogen and oxygen atoms in total. The molecule has 2 heteroatoms. The molecule has 0 N–H and O–H groups in total. The minimum absolute atomic E-state index is 1.17. The van der Waals surface area contributed by atoms with E-state index < -0.39 is 0 Å². The van der Waals surface area contributed by atoms with Crippen LogP contribution in [0, 0.1) is 0 Å². The third-order valence-electron chi connectivity index (χ3n) is 4.58. The van der Waals surface area contributed by atoms with Gasteiger partial charge in [0.1, 0.15) is 0 Å². The van der Waals surface area contributed by atoms with Crippen molar-refractivity contribution >= 4 is 31.5 Å². The van der Waals surface area contributed by atoms with Crippen LogP contribution in [0.2, 0.25) is 0 Å². The van der Waals surface area contributed by atoms with Crippen LogP contribution in [0.25, 0.3) is 42.4 Å². The Kier molecular flexibility index (Phi) is 3.36. The first-order valence-corrected chi connectivity index (χ1v) is 9.13. The van der Waals surface area contributed by atoms with Gasteiger partial charge in [0.15, 0.2) is 0 Å². The van der Waals surface area contributed by atoms with E-state index >= 15 is 0 Å². The highest BCUT2D eigenvalue weighted by atomic mass is 32.1. The maximum atomic E-state index is 4.29. The lowest BCUT2D eigenvalue weighted by Crippen LogP contribution is -1.79. The quantitative estimate of drug-likeness (QED) is 0.346. The number of hydrogen-bond acceptors (Lipinski definition) is 2. The fourth-order valence-electron chi connectivity index (χ4n) is 3.41. The summed E-state index contributed by atoms with van der Waals surface area (Å²) in [7, 11) is 0. The van der Waals surface area contributed by atoms with E-state index in [1.54, 1.807) is 0 Å². The molecule has 5 aromatic rings. The van der Waals surface area contributed by atoms with Gasteiger partial charge >= 0.3 is 0 Å². The second-order valence-electron chi connectivity index (χ2n) is 6.07. The zero-order valence-electron chi connectivity index (χ0n) is 13.5. The Hall–Kier alpha value is -2.97. The third kappa shape index (κ3) is 2.34. The summed E-state index contributed by atoms with van der Waals surface area (Å²) in [5, 5.41) is 2.64. The summed E-state index contributed by atoms with van der Waals surface area (Å²) in [5.74, 6) is 0. The van der Waals surface area contributed by atoms with Gasteiger partial charge in [-0.15, -0.1) is 11.3 Å². The van der Waals surface area contributed by atoms with Crippen LogP contribution in [-0.2, 0) is 0 Å². The monoisotopic (exact) mass is 337 g/mol. The largest absolute Gasteiger partial charge is 0.264 e. The molecule has 3 aromatic carbocycles. The van der Waals surface area contributed by atoms with Crippen molar-refractivity contribution in [3.63, 3.8) is 0 Å². The van der Waals surface area contributed by atoms with E-state index in [4.69, 9.17) is 0 Å². The van der Waals surface area contributed by atoms with Gasteiger partial charge in [-0.3, -0.25) is 4.98 Å². The molecule has 25 heavy (non-hydrogen) atoms. The lowest BCUT2D eigenvalue weighted by atomic mass is 10.0. The van der Waals surface area contributed by atoms with Crippen LogP contribution in [0.1, 0.15) is 0 Å². The van der Waals surface area contributed by atoms with Crippen molar-refractivity contribution in [1.29, 1.82) is 0 Å². The third-order valence-corrected chi connectivity index (χ3v) is 5.87. The fourth-order valence-corrected chi connectivity index (χ4v) is 4.79. The number of nitrogens with zero attached hydrogens (tertiary/aromatic N) is 1. The van der Waals surface area contributed by atoms with Crippen LogP contribution < -0.4 is 0 Å². The Balaban J connectivity index is 1.85. The van der Waals surface area contributed by atoms with Crippen molar-refractivity contribution in [2.24, 2.45) is 0 Å². The van der Waals surface area contributed by atoms with Gasteiger partial charge in [-0.05, 0) is 17.2 Å². The summed E-state index contributed by atoms with van der Waals surface area (Å²) >= 11 is 1.88. The second kappa shape index (κ2) is 5.83. The molecule has 0 fully saturated rings. The first-order chi connectivity index (χ1) is 12.4. The van der Waals surface area contributed by atoms with Gasteiger partial charge < -0.3 is 0 Å². The molecule has 0 aliphatic heterocycles. The molecule has 118 valence electrons. The number of benzene rings is 3. The average Bonchev–Trinajstić information content (AvgIpc) is 3.08. The van der Waals surface area contributed by atoms with Crippen LogP contribution in [0.4, 0.5) is 0 Å². The Morgan fingerprint density at radius 3 is 1.84 bits per heavy atom. The highest BCUT2D eigenvalue weighted by Gasteiger charge is 2.13. The Morgan fingerprint density at radius 1 is 0.560 bits per heavy atom. The van der Waals surface area contributed by atoms with Crippen molar-refractivity contribution in [2.75, 3.05) is 0 Å². The topological polar surface area (TPSA) is 12.9 Å². The molecule has 5 rings (SSSR count). The normalized spacial score (nSPS) is 11.2. The molecular formula is C23H15NS. The molecule has 0 saturated heterocycles. The van der Waals surface area contributed by atoms with Crippen LogP contribution in [0.3, 0.4) is 0 Å². The summed E-state index contributed by atoms with van der Waals surface area (Å²) < 4.78 is 2.67. The molecule has 0 aliphatic rings. The summed E-state index contributed by atoms with van der Waals surface area (Å²) in [6.07, 6.45) is 3.76. The zero-order valence-corrected chi connectivity index (χ0v) is 14.3. The van der Waals surface area contributed by atoms with Gasteiger partial charge in [0.25, 0.3) is 0 Å². The van der Waals surface area contributed by atoms with Crippen molar-refractivity contribution in [2.45, 2.75) is 0 Å². The zero-order chi connectivity index (χ0) is 16.6. The average molecular weight is 337 g/mol. The van der Waals surface area contributed by atoms with Crippen molar-refractivity contribution < 1.29 is 0 Å². The predicted octanol–water partition coefficient (Wildman–Crippen LogP) is 6.78. The predicted molar refractivity (Wildman–Crippen MR) is 108 cm³/mol. The minimum Gasteiger partial charge on any atom is -0.264 e.